The molecule has 0 aliphatic carbocycles. The van der Waals surface area contributed by atoms with E-state index in [9.17, 15) is 18.1 Å². The summed E-state index contributed by atoms with van der Waals surface area (Å²) in [5.74, 6) is -1.14. The van der Waals surface area contributed by atoms with Crippen molar-refractivity contribution >= 4 is 24.9 Å². The third kappa shape index (κ3) is 4.17. The van der Waals surface area contributed by atoms with Gasteiger partial charge in [0.2, 0.25) is 0 Å². The zero-order chi connectivity index (χ0) is 19.5. The van der Waals surface area contributed by atoms with Crippen LogP contribution < -0.4 is 5.73 Å². The second-order valence-electron chi connectivity index (χ2n) is 5.19. The van der Waals surface area contributed by atoms with Crippen molar-refractivity contribution in [2.45, 2.75) is 12.2 Å². The molecule has 2 aromatic rings. The van der Waals surface area contributed by atoms with E-state index in [-0.39, 0.29) is 22.5 Å². The highest BCUT2D eigenvalue weighted by Crippen LogP contribution is 2.60. The van der Waals surface area contributed by atoms with Gasteiger partial charge in [-0.05, 0) is 42.0 Å². The van der Waals surface area contributed by atoms with Crippen LogP contribution in [0.1, 0.15) is 21.5 Å². The minimum atomic E-state index is -5.72. The van der Waals surface area contributed by atoms with E-state index in [1.807, 2.05) is 0 Å². The van der Waals surface area contributed by atoms with E-state index in [2.05, 4.69) is 10.2 Å². The number of halogens is 2. The fourth-order valence-corrected chi connectivity index (χ4v) is 2.61. The summed E-state index contributed by atoms with van der Waals surface area (Å²) in [5, 5.41) is 16.5. The third-order valence-electron chi connectivity index (χ3n) is 3.37. The summed E-state index contributed by atoms with van der Waals surface area (Å²) in [7, 11) is -5.72. The van der Waals surface area contributed by atoms with Crippen molar-refractivity contribution in [1.29, 1.82) is 0 Å². The van der Waals surface area contributed by atoms with E-state index in [1.54, 1.807) is 0 Å². The van der Waals surface area contributed by atoms with Crippen LogP contribution in [0.4, 0.5) is 20.2 Å². The third-order valence-corrected chi connectivity index (χ3v) is 4.35. The minimum Gasteiger partial charge on any atom is -0.478 e. The summed E-state index contributed by atoms with van der Waals surface area (Å²) in [5.41, 5.74) is 0.260. The lowest BCUT2D eigenvalue weighted by Crippen LogP contribution is -2.17. The van der Waals surface area contributed by atoms with Crippen molar-refractivity contribution < 1.29 is 33.0 Å². The number of rotatable bonds is 6. The number of nitrogens with two attached hydrogens (primary N) is 1. The second-order valence-corrected chi connectivity index (χ2v) is 6.84. The SMILES string of the molecule is NCc1cc(N=Nc2cccc(C(=O)O)c2)ccc1C(F)(F)P(=O)(O)O. The predicted octanol–water partition coefficient (Wildman–Crippen LogP) is 3.49. The van der Waals surface area contributed by atoms with E-state index in [1.165, 1.54) is 24.3 Å². The van der Waals surface area contributed by atoms with Crippen LogP contribution in [0, 0.1) is 0 Å². The number of alkyl halides is 2. The molecule has 2 aromatic carbocycles. The molecule has 0 bridgehead atoms. The van der Waals surface area contributed by atoms with Crippen LogP contribution in [0.3, 0.4) is 0 Å². The Morgan fingerprint density at radius 3 is 2.27 bits per heavy atom. The van der Waals surface area contributed by atoms with Crippen LogP contribution in [-0.2, 0) is 16.8 Å². The Hall–Kier alpha value is -2.52. The van der Waals surface area contributed by atoms with E-state index in [0.29, 0.717) is 0 Å². The molecule has 0 saturated carbocycles. The minimum absolute atomic E-state index is 0.000677. The summed E-state index contributed by atoms with van der Waals surface area (Å²) in [6.45, 7) is -0.400. The highest BCUT2D eigenvalue weighted by Gasteiger charge is 2.51. The number of hydrogen-bond donors (Lipinski definition) is 4. The number of carboxylic acid groups (broad SMARTS) is 1. The van der Waals surface area contributed by atoms with Gasteiger partial charge in [0.25, 0.3) is 0 Å². The van der Waals surface area contributed by atoms with Crippen LogP contribution in [0.25, 0.3) is 0 Å². The molecule has 0 aliphatic heterocycles. The normalized spacial score (nSPS) is 12.5. The van der Waals surface area contributed by atoms with Crippen molar-refractivity contribution in [3.63, 3.8) is 0 Å². The van der Waals surface area contributed by atoms with Crippen molar-refractivity contribution in [2.24, 2.45) is 16.0 Å². The first-order chi connectivity index (χ1) is 12.1. The highest BCUT2D eigenvalue weighted by atomic mass is 31.2. The summed E-state index contributed by atoms with van der Waals surface area (Å²) in [4.78, 5) is 28.6. The van der Waals surface area contributed by atoms with Gasteiger partial charge in [-0.1, -0.05) is 6.07 Å². The van der Waals surface area contributed by atoms with Gasteiger partial charge in [-0.25, -0.2) is 4.79 Å². The number of carbonyl (C=O) groups is 1. The zero-order valence-electron chi connectivity index (χ0n) is 13.1. The lowest BCUT2D eigenvalue weighted by atomic mass is 10.1. The number of nitrogens with zero attached hydrogens (tertiary/aromatic N) is 2. The summed E-state index contributed by atoms with van der Waals surface area (Å²) >= 11 is 0. The molecule has 0 heterocycles. The van der Waals surface area contributed by atoms with Gasteiger partial charge in [0.15, 0.2) is 0 Å². The highest BCUT2D eigenvalue weighted by molar-refractivity contribution is 7.52. The maximum absolute atomic E-state index is 13.9. The van der Waals surface area contributed by atoms with Gasteiger partial charge < -0.3 is 20.6 Å². The first kappa shape index (κ1) is 19.8. The fraction of sp³-hybridized carbons (Fsp3) is 0.133. The molecule has 8 nitrogen and oxygen atoms in total. The monoisotopic (exact) mass is 385 g/mol. The van der Waals surface area contributed by atoms with E-state index < -0.39 is 31.3 Å². The molecule has 0 aliphatic rings. The van der Waals surface area contributed by atoms with Crippen molar-refractivity contribution in [3.05, 3.63) is 59.2 Å². The van der Waals surface area contributed by atoms with Gasteiger partial charge in [-0.2, -0.15) is 19.0 Å². The Bertz CT molecular complexity index is 914. The van der Waals surface area contributed by atoms with Crippen molar-refractivity contribution in [2.75, 3.05) is 0 Å². The van der Waals surface area contributed by atoms with Gasteiger partial charge in [0, 0.05) is 12.1 Å². The van der Waals surface area contributed by atoms with Crippen LogP contribution in [0.2, 0.25) is 0 Å². The molecule has 2 rings (SSSR count). The lowest BCUT2D eigenvalue weighted by molar-refractivity contribution is 0.0555. The first-order valence-corrected chi connectivity index (χ1v) is 8.69. The van der Waals surface area contributed by atoms with E-state index >= 15 is 0 Å². The van der Waals surface area contributed by atoms with Crippen LogP contribution in [0.15, 0.2) is 52.7 Å². The zero-order valence-corrected chi connectivity index (χ0v) is 14.0. The molecule has 0 atom stereocenters. The molecule has 26 heavy (non-hydrogen) atoms. The maximum atomic E-state index is 13.9. The Morgan fingerprint density at radius 1 is 1.12 bits per heavy atom. The standard InChI is InChI=1S/C15H14F2N3O5P/c16-15(17,26(23,24)25)13-5-4-12(7-10(13)8-18)20-19-11-3-1-2-9(6-11)14(21)22/h1-7H,8,18H2,(H,21,22)(H2,23,24,25). The van der Waals surface area contributed by atoms with Gasteiger partial charge in [0.1, 0.15) is 0 Å². The molecule has 0 fully saturated rings. The molecule has 11 heteroatoms. The summed E-state index contributed by atoms with van der Waals surface area (Å²) < 4.78 is 38.8. The molecule has 0 radical (unpaired) electrons. The van der Waals surface area contributed by atoms with Crippen LogP contribution in [-0.4, -0.2) is 20.9 Å². The Morgan fingerprint density at radius 2 is 1.73 bits per heavy atom. The summed E-state index contributed by atoms with van der Waals surface area (Å²) in [6.07, 6.45) is 0. The van der Waals surface area contributed by atoms with E-state index in [4.69, 9.17) is 20.6 Å². The largest absolute Gasteiger partial charge is 0.478 e. The average molecular weight is 385 g/mol. The first-order valence-electron chi connectivity index (χ1n) is 7.08. The molecule has 5 N–H and O–H groups in total. The number of carboxylic acids is 1. The predicted molar refractivity (Wildman–Crippen MR) is 87.8 cm³/mol. The molecule has 0 aromatic heterocycles. The lowest BCUT2D eigenvalue weighted by Gasteiger charge is -2.20. The van der Waals surface area contributed by atoms with Gasteiger partial charge >= 0.3 is 19.2 Å². The Balaban J connectivity index is 2.37. The number of aromatic carboxylic acids is 1. The summed E-state index contributed by atoms with van der Waals surface area (Å²) in [6, 6.07) is 8.65. The molecule has 0 saturated heterocycles. The fourth-order valence-electron chi connectivity index (χ4n) is 2.08. The van der Waals surface area contributed by atoms with Crippen molar-refractivity contribution in [3.8, 4) is 0 Å². The Kier molecular flexibility index (Phi) is 5.62. The molecule has 0 spiro atoms. The smallest absolute Gasteiger partial charge is 0.399 e. The Labute approximate surface area is 146 Å². The van der Waals surface area contributed by atoms with Crippen LogP contribution >= 0.6 is 7.60 Å². The number of benzene rings is 2. The molecular weight excluding hydrogens is 371 g/mol. The maximum Gasteiger partial charge on any atom is 0.399 e. The molecule has 0 amide bonds. The van der Waals surface area contributed by atoms with Gasteiger partial charge in [0.05, 0.1) is 16.9 Å². The molecule has 138 valence electrons. The van der Waals surface area contributed by atoms with E-state index in [0.717, 1.165) is 18.2 Å². The topological polar surface area (TPSA) is 146 Å². The molecule has 0 unspecified atom stereocenters. The van der Waals surface area contributed by atoms with Gasteiger partial charge in [-0.3, -0.25) is 4.57 Å². The molecular formula is C15H14F2N3O5P. The van der Waals surface area contributed by atoms with Gasteiger partial charge in [-0.15, -0.1) is 0 Å². The second kappa shape index (κ2) is 7.38. The quantitative estimate of drug-likeness (QED) is 0.442. The number of azo groups is 1. The van der Waals surface area contributed by atoms with Crippen molar-refractivity contribution in [1.82, 2.24) is 0 Å². The number of hydrogen-bond acceptors (Lipinski definition) is 5. The van der Waals surface area contributed by atoms with Crippen LogP contribution in [0.5, 0.6) is 0 Å². The average Bonchev–Trinajstić information content (AvgIpc) is 2.58.